The zero-order valence-electron chi connectivity index (χ0n) is 16.1. The molecule has 0 saturated heterocycles. The van der Waals surface area contributed by atoms with Crippen molar-refractivity contribution < 1.29 is 0 Å². The van der Waals surface area contributed by atoms with Crippen LogP contribution in [0.2, 0.25) is 0 Å². The Morgan fingerprint density at radius 3 is 2.13 bits per heavy atom. The normalized spacial score (nSPS) is 23.1. The van der Waals surface area contributed by atoms with E-state index in [0.717, 1.165) is 11.8 Å². The molecule has 0 atom stereocenters. The Morgan fingerprint density at radius 2 is 1.48 bits per heavy atom. The van der Waals surface area contributed by atoms with Crippen LogP contribution in [0.15, 0.2) is 36.0 Å². The summed E-state index contributed by atoms with van der Waals surface area (Å²) in [6, 6.07) is 0. The van der Waals surface area contributed by atoms with Gasteiger partial charge in [0.05, 0.1) is 0 Å². The number of hydrogen-bond acceptors (Lipinski definition) is 0. The van der Waals surface area contributed by atoms with Crippen molar-refractivity contribution >= 4 is 0 Å². The molecule has 1 aliphatic rings. The standard InChI is InChI=1S/C23H40/c1-5-7-8-9-10-11-12-22-15-17-23(18-16-22)19-21(4)14-13-20(3)6-2/h6,13-14,22-23H,2,5,7-12,15-19H2,1,3-4H3/b20-13-,21-14+. The summed E-state index contributed by atoms with van der Waals surface area (Å²) >= 11 is 0. The number of rotatable bonds is 11. The van der Waals surface area contributed by atoms with E-state index in [-0.39, 0.29) is 0 Å². The molecule has 0 bridgehead atoms. The second kappa shape index (κ2) is 12.6. The van der Waals surface area contributed by atoms with Crippen molar-refractivity contribution in [2.24, 2.45) is 11.8 Å². The molecule has 0 amide bonds. The molecule has 0 aromatic heterocycles. The van der Waals surface area contributed by atoms with Crippen molar-refractivity contribution in [3.8, 4) is 0 Å². The molecule has 0 heteroatoms. The van der Waals surface area contributed by atoms with E-state index in [9.17, 15) is 0 Å². The molecule has 0 aromatic rings. The summed E-state index contributed by atoms with van der Waals surface area (Å²) in [6.45, 7) is 10.5. The Bertz CT molecular complexity index is 363. The zero-order valence-corrected chi connectivity index (χ0v) is 16.1. The van der Waals surface area contributed by atoms with Gasteiger partial charge >= 0.3 is 0 Å². The van der Waals surface area contributed by atoms with Crippen LogP contribution in [-0.2, 0) is 0 Å². The lowest BCUT2D eigenvalue weighted by Gasteiger charge is -2.28. The second-order valence-electron chi connectivity index (χ2n) is 7.78. The van der Waals surface area contributed by atoms with Gasteiger partial charge in [0.25, 0.3) is 0 Å². The van der Waals surface area contributed by atoms with E-state index < -0.39 is 0 Å². The van der Waals surface area contributed by atoms with Crippen LogP contribution in [0.3, 0.4) is 0 Å². The molecule has 1 rings (SSSR count). The summed E-state index contributed by atoms with van der Waals surface area (Å²) in [4.78, 5) is 0. The molecule has 0 nitrogen and oxygen atoms in total. The van der Waals surface area contributed by atoms with Gasteiger partial charge in [-0.2, -0.15) is 0 Å². The molecule has 0 aliphatic heterocycles. The average molecular weight is 317 g/mol. The van der Waals surface area contributed by atoms with E-state index in [2.05, 4.69) is 39.5 Å². The highest BCUT2D eigenvalue weighted by Crippen LogP contribution is 2.35. The fourth-order valence-electron chi connectivity index (χ4n) is 3.80. The maximum atomic E-state index is 3.81. The maximum Gasteiger partial charge on any atom is -0.0291 e. The number of unbranched alkanes of at least 4 members (excludes halogenated alkanes) is 5. The smallest absolute Gasteiger partial charge is 0.0291 e. The summed E-state index contributed by atoms with van der Waals surface area (Å²) in [7, 11) is 0. The molecule has 1 saturated carbocycles. The third kappa shape index (κ3) is 9.84. The van der Waals surface area contributed by atoms with E-state index in [4.69, 9.17) is 0 Å². The first-order valence-electron chi connectivity index (χ1n) is 10.1. The third-order valence-corrected chi connectivity index (χ3v) is 5.50. The monoisotopic (exact) mass is 316 g/mol. The molecule has 1 aliphatic carbocycles. The van der Waals surface area contributed by atoms with E-state index in [1.165, 1.54) is 88.2 Å². The Kier molecular flexibility index (Phi) is 11.1. The molecular weight excluding hydrogens is 276 g/mol. The van der Waals surface area contributed by atoms with Crippen LogP contribution in [0, 0.1) is 11.8 Å². The quantitative estimate of drug-likeness (QED) is 0.267. The predicted molar refractivity (Wildman–Crippen MR) is 106 cm³/mol. The van der Waals surface area contributed by atoms with Crippen LogP contribution in [0.1, 0.15) is 97.8 Å². The first-order chi connectivity index (χ1) is 11.2. The predicted octanol–water partition coefficient (Wildman–Crippen LogP) is 8.01. The van der Waals surface area contributed by atoms with Gasteiger partial charge in [0, 0.05) is 0 Å². The van der Waals surface area contributed by atoms with Crippen LogP contribution >= 0.6 is 0 Å². The van der Waals surface area contributed by atoms with Gasteiger partial charge in [0.2, 0.25) is 0 Å². The lowest BCUT2D eigenvalue weighted by molar-refractivity contribution is 0.257. The third-order valence-electron chi connectivity index (χ3n) is 5.50. The van der Waals surface area contributed by atoms with E-state index >= 15 is 0 Å². The topological polar surface area (TPSA) is 0 Å². The number of allylic oxidation sites excluding steroid dienone is 5. The van der Waals surface area contributed by atoms with E-state index in [1.54, 1.807) is 0 Å². The lowest BCUT2D eigenvalue weighted by Crippen LogP contribution is -2.14. The maximum absolute atomic E-state index is 3.81. The minimum atomic E-state index is 0.935. The van der Waals surface area contributed by atoms with Gasteiger partial charge in [-0.15, -0.1) is 0 Å². The van der Waals surface area contributed by atoms with E-state index in [1.807, 2.05) is 6.08 Å². The van der Waals surface area contributed by atoms with Gasteiger partial charge < -0.3 is 0 Å². The number of hydrogen-bond donors (Lipinski definition) is 0. The highest BCUT2D eigenvalue weighted by Gasteiger charge is 2.20. The molecule has 0 N–H and O–H groups in total. The minimum absolute atomic E-state index is 0.935. The lowest BCUT2D eigenvalue weighted by atomic mass is 9.77. The van der Waals surface area contributed by atoms with Crippen molar-refractivity contribution in [3.63, 3.8) is 0 Å². The molecule has 0 unspecified atom stereocenters. The van der Waals surface area contributed by atoms with Crippen molar-refractivity contribution in [1.29, 1.82) is 0 Å². The first kappa shape index (κ1) is 20.3. The van der Waals surface area contributed by atoms with Crippen LogP contribution in [0.5, 0.6) is 0 Å². The molecular formula is C23H40. The first-order valence-corrected chi connectivity index (χ1v) is 10.1. The molecule has 23 heavy (non-hydrogen) atoms. The summed E-state index contributed by atoms with van der Waals surface area (Å²) in [5.41, 5.74) is 2.79. The van der Waals surface area contributed by atoms with Gasteiger partial charge in [0.15, 0.2) is 0 Å². The van der Waals surface area contributed by atoms with Crippen molar-refractivity contribution in [1.82, 2.24) is 0 Å². The van der Waals surface area contributed by atoms with Gasteiger partial charge in [-0.05, 0) is 44.9 Å². The summed E-state index contributed by atoms with van der Waals surface area (Å²) in [5, 5.41) is 0. The van der Waals surface area contributed by atoms with Gasteiger partial charge in [-0.25, -0.2) is 0 Å². The van der Waals surface area contributed by atoms with Crippen LogP contribution in [0.25, 0.3) is 0 Å². The molecule has 0 aromatic carbocycles. The van der Waals surface area contributed by atoms with Crippen LogP contribution in [0.4, 0.5) is 0 Å². The average Bonchev–Trinajstić information content (AvgIpc) is 2.57. The fraction of sp³-hybridized carbons (Fsp3) is 0.739. The highest BCUT2D eigenvalue weighted by molar-refractivity contribution is 5.22. The Hall–Kier alpha value is -0.780. The van der Waals surface area contributed by atoms with Crippen molar-refractivity contribution in [3.05, 3.63) is 36.0 Å². The summed E-state index contributed by atoms with van der Waals surface area (Å²) < 4.78 is 0. The Morgan fingerprint density at radius 1 is 0.870 bits per heavy atom. The van der Waals surface area contributed by atoms with E-state index in [0.29, 0.717) is 0 Å². The summed E-state index contributed by atoms with van der Waals surface area (Å²) in [6.07, 6.45) is 23.7. The van der Waals surface area contributed by atoms with Gasteiger partial charge in [-0.1, -0.05) is 101 Å². The summed E-state index contributed by atoms with van der Waals surface area (Å²) in [5.74, 6) is 1.97. The SMILES string of the molecule is C=C/C(C)=C\C=C(/C)CC1CCC(CCCCCCCC)CC1. The minimum Gasteiger partial charge on any atom is -0.0988 e. The molecule has 0 heterocycles. The van der Waals surface area contributed by atoms with Gasteiger partial charge in [0.1, 0.15) is 0 Å². The van der Waals surface area contributed by atoms with Crippen LogP contribution < -0.4 is 0 Å². The Balaban J connectivity index is 2.14. The molecule has 0 radical (unpaired) electrons. The molecule has 1 fully saturated rings. The zero-order chi connectivity index (χ0) is 16.9. The largest absolute Gasteiger partial charge is 0.0988 e. The molecule has 0 spiro atoms. The second-order valence-corrected chi connectivity index (χ2v) is 7.78. The fourth-order valence-corrected chi connectivity index (χ4v) is 3.80. The Labute approximate surface area is 146 Å². The van der Waals surface area contributed by atoms with Crippen LogP contribution in [-0.4, -0.2) is 0 Å². The highest BCUT2D eigenvalue weighted by atomic mass is 14.3. The molecule has 132 valence electrons. The van der Waals surface area contributed by atoms with Crippen molar-refractivity contribution in [2.45, 2.75) is 97.8 Å². The van der Waals surface area contributed by atoms with Gasteiger partial charge in [-0.3, -0.25) is 0 Å². The van der Waals surface area contributed by atoms with Crippen molar-refractivity contribution in [2.75, 3.05) is 0 Å².